The SMILES string of the molecule is CCC(O)/C(O)=C(\O)C(O)OOCCC(OC(O)/C(NC(C)=O)=C(/O)C(CCO)OC(CNC(C)=O)OC(CO)C(CO)OC(O)/C(NC(C)=O)=C(/O)C(CCO)OC(O)/C(NC)=C(/O)C(O)CCO)/C(O)=C(/NC(C)=O)C(O)O. The van der Waals surface area contributed by atoms with E-state index in [1.54, 1.807) is 0 Å². The molecule has 0 heterocycles. The van der Waals surface area contributed by atoms with Crippen molar-refractivity contribution >= 4 is 23.6 Å². The maximum absolute atomic E-state index is 12.5. The number of likely N-dealkylation sites (N-methyl/N-ethyl adjacent to an activating group) is 1. The predicted molar refractivity (Wildman–Crippen MR) is 264 cm³/mol. The second kappa shape index (κ2) is 38.9. The van der Waals surface area contributed by atoms with E-state index in [0.717, 1.165) is 27.7 Å². The van der Waals surface area contributed by atoms with Crippen LogP contribution in [-0.4, -0.2) is 254 Å². The van der Waals surface area contributed by atoms with Gasteiger partial charge in [0.25, 0.3) is 0 Å². The number of aliphatic hydroxyl groups is 19. The summed E-state index contributed by atoms with van der Waals surface area (Å²) in [6.45, 7) is -1.21. The molecule has 0 aromatic heterocycles. The number of amides is 4. The Kier molecular flexibility index (Phi) is 36.2. The summed E-state index contributed by atoms with van der Waals surface area (Å²) < 4.78 is 27.9. The van der Waals surface area contributed by atoms with E-state index < -0.39 is 233 Å². The lowest BCUT2D eigenvalue weighted by Crippen LogP contribution is -2.47. The fraction of sp³-hybridized carbons (Fsp3) is 0.689. The van der Waals surface area contributed by atoms with Gasteiger partial charge in [-0.05, 0) is 6.42 Å². The number of carbonyl (C=O) groups is 4. The van der Waals surface area contributed by atoms with Crippen LogP contribution < -0.4 is 26.6 Å². The topological polar surface area (TPSA) is 577 Å². The first-order valence-corrected chi connectivity index (χ1v) is 24.1. The molecule has 0 saturated carbocycles. The minimum absolute atomic E-state index is 0.115. The van der Waals surface area contributed by atoms with Crippen molar-refractivity contribution in [3.05, 3.63) is 57.3 Å². The largest absolute Gasteiger partial charge is 0.508 e. The first-order chi connectivity index (χ1) is 37.5. The minimum atomic E-state index is -2.67. The number of hydrogen-bond donors (Lipinski definition) is 24. The van der Waals surface area contributed by atoms with E-state index in [-0.39, 0.29) is 6.42 Å². The molecule has 464 valence electrons. The van der Waals surface area contributed by atoms with Crippen LogP contribution in [0.1, 0.15) is 66.7 Å². The number of nitrogens with one attached hydrogen (secondary N) is 5. The summed E-state index contributed by atoms with van der Waals surface area (Å²) in [6.07, 6.45) is -30.4. The monoisotopic (exact) mass is 1170 g/mol. The molecule has 4 amide bonds. The van der Waals surface area contributed by atoms with Crippen molar-refractivity contribution in [1.29, 1.82) is 0 Å². The molecule has 0 aliphatic carbocycles. The maximum Gasteiger partial charge on any atom is 0.250 e. The Morgan fingerprint density at radius 2 is 0.875 bits per heavy atom. The van der Waals surface area contributed by atoms with Crippen molar-refractivity contribution in [2.45, 2.75) is 147 Å². The Balaban J connectivity index is 7.41. The van der Waals surface area contributed by atoms with Crippen LogP contribution in [0.4, 0.5) is 0 Å². The van der Waals surface area contributed by atoms with Gasteiger partial charge in [-0.25, -0.2) is 4.89 Å². The van der Waals surface area contributed by atoms with E-state index in [9.17, 15) is 111 Å². The van der Waals surface area contributed by atoms with Crippen molar-refractivity contribution in [3.63, 3.8) is 0 Å². The molecule has 0 saturated heterocycles. The lowest BCUT2D eigenvalue weighted by Gasteiger charge is -2.33. The van der Waals surface area contributed by atoms with Gasteiger partial charge in [-0.2, -0.15) is 4.89 Å². The molecule has 35 nitrogen and oxygen atoms in total. The molecule has 0 radical (unpaired) electrons. The van der Waals surface area contributed by atoms with Crippen molar-refractivity contribution < 1.29 is 150 Å². The second-order valence-corrected chi connectivity index (χ2v) is 16.7. The van der Waals surface area contributed by atoms with Gasteiger partial charge in [0, 0.05) is 80.2 Å². The quantitative estimate of drug-likeness (QED) is 0.00890. The van der Waals surface area contributed by atoms with Gasteiger partial charge < -0.3 is 147 Å². The van der Waals surface area contributed by atoms with Crippen LogP contribution in [0.5, 0.6) is 0 Å². The second-order valence-electron chi connectivity index (χ2n) is 16.7. The molecule has 0 fully saturated rings. The lowest BCUT2D eigenvalue weighted by molar-refractivity contribution is -0.366. The predicted octanol–water partition coefficient (Wildman–Crippen LogP) is -6.41. The molecule has 0 aromatic carbocycles. The van der Waals surface area contributed by atoms with E-state index in [4.69, 9.17) is 33.7 Å². The summed E-state index contributed by atoms with van der Waals surface area (Å²) in [5, 5.41) is 208. The molecule has 0 spiro atoms. The van der Waals surface area contributed by atoms with Gasteiger partial charge in [0.1, 0.15) is 88.6 Å². The summed E-state index contributed by atoms with van der Waals surface area (Å²) in [4.78, 5) is 58.2. The Labute approximate surface area is 457 Å². The third-order valence-electron chi connectivity index (χ3n) is 10.4. The molecular weight excluding hydrogens is 1090 g/mol. The first kappa shape index (κ1) is 74.4. The van der Waals surface area contributed by atoms with Gasteiger partial charge in [-0.15, -0.1) is 0 Å². The highest BCUT2D eigenvalue weighted by atomic mass is 17.2. The normalized spacial score (nSPS) is 18.1. The molecule has 0 bridgehead atoms. The van der Waals surface area contributed by atoms with Crippen molar-refractivity contribution in [2.24, 2.45) is 0 Å². The van der Waals surface area contributed by atoms with Gasteiger partial charge >= 0.3 is 0 Å². The Hall–Kier alpha value is -5.62. The summed E-state index contributed by atoms with van der Waals surface area (Å²) in [6, 6.07) is 0. The fourth-order valence-corrected chi connectivity index (χ4v) is 6.43. The van der Waals surface area contributed by atoms with Crippen LogP contribution in [0.2, 0.25) is 0 Å². The van der Waals surface area contributed by atoms with E-state index in [2.05, 4.69) is 20.8 Å². The number of ether oxygens (including phenoxy) is 5. The smallest absolute Gasteiger partial charge is 0.250 e. The zero-order chi connectivity index (χ0) is 61.6. The van der Waals surface area contributed by atoms with Crippen LogP contribution in [0, 0.1) is 0 Å². The molecule has 12 unspecified atom stereocenters. The average Bonchev–Trinajstić information content (AvgIpc) is 3.39. The average molecular weight is 1170 g/mol. The van der Waals surface area contributed by atoms with Crippen molar-refractivity contribution in [2.75, 3.05) is 53.2 Å². The number of aliphatic hydroxyl groups excluding tert-OH is 18. The van der Waals surface area contributed by atoms with Crippen LogP contribution >= 0.6 is 0 Å². The fourth-order valence-electron chi connectivity index (χ4n) is 6.43. The highest BCUT2D eigenvalue weighted by Crippen LogP contribution is 2.25. The minimum Gasteiger partial charge on any atom is -0.508 e. The Morgan fingerprint density at radius 3 is 1.30 bits per heavy atom. The maximum atomic E-state index is 12.5. The third kappa shape index (κ3) is 25.9. The summed E-state index contributed by atoms with van der Waals surface area (Å²) in [5.74, 6) is -10.7. The van der Waals surface area contributed by atoms with Crippen LogP contribution in [0.3, 0.4) is 0 Å². The van der Waals surface area contributed by atoms with Gasteiger partial charge in [-0.1, -0.05) is 6.92 Å². The number of hydrogen-bond acceptors (Lipinski definition) is 31. The van der Waals surface area contributed by atoms with Gasteiger partial charge in [0.05, 0.1) is 26.4 Å². The molecule has 0 rings (SSSR count). The summed E-state index contributed by atoms with van der Waals surface area (Å²) in [5.41, 5.74) is -3.66. The molecule has 0 aliphatic rings. The van der Waals surface area contributed by atoms with E-state index in [0.29, 0.717) is 0 Å². The van der Waals surface area contributed by atoms with Crippen LogP contribution in [0.15, 0.2) is 57.3 Å². The van der Waals surface area contributed by atoms with Gasteiger partial charge in [0.2, 0.25) is 36.2 Å². The molecule has 80 heavy (non-hydrogen) atoms. The first-order valence-electron chi connectivity index (χ1n) is 24.1. The van der Waals surface area contributed by atoms with Gasteiger partial charge in [0.15, 0.2) is 36.7 Å². The molecule has 35 heteroatoms. The molecular formula is C45H79N5O30. The Morgan fingerprint density at radius 1 is 0.450 bits per heavy atom. The molecule has 24 N–H and O–H groups in total. The van der Waals surface area contributed by atoms with Crippen LogP contribution in [-0.2, 0) is 52.6 Å². The molecule has 0 aliphatic heterocycles. The van der Waals surface area contributed by atoms with Crippen molar-refractivity contribution in [3.8, 4) is 0 Å². The number of rotatable bonds is 41. The van der Waals surface area contributed by atoms with Gasteiger partial charge in [-0.3, -0.25) is 19.2 Å². The van der Waals surface area contributed by atoms with Crippen molar-refractivity contribution in [1.82, 2.24) is 26.6 Å². The molecule has 12 atom stereocenters. The van der Waals surface area contributed by atoms with E-state index in [1.807, 2.05) is 10.6 Å². The zero-order valence-electron chi connectivity index (χ0n) is 44.5. The highest BCUT2D eigenvalue weighted by molar-refractivity contribution is 5.76. The summed E-state index contributed by atoms with van der Waals surface area (Å²) in [7, 11) is 1.18. The Bertz CT molecular complexity index is 2070. The van der Waals surface area contributed by atoms with E-state index >= 15 is 0 Å². The summed E-state index contributed by atoms with van der Waals surface area (Å²) >= 11 is 0. The number of carbonyl (C=O) groups excluding carboxylic acids is 4. The van der Waals surface area contributed by atoms with Crippen LogP contribution in [0.25, 0.3) is 0 Å². The molecule has 0 aromatic rings. The zero-order valence-corrected chi connectivity index (χ0v) is 44.5. The highest BCUT2D eigenvalue weighted by Gasteiger charge is 2.37. The van der Waals surface area contributed by atoms with E-state index in [1.165, 1.54) is 14.0 Å². The third-order valence-corrected chi connectivity index (χ3v) is 10.4. The standard InChI is InChI=1S/C45H79N5O30/c1-7-23(60)36(63)40(67)45(73)80-74-15-11-27(37(64)31(41(68)69)48-20(3)57)78-43(71)33(49-21(4)58)38(65)25(9-13-52)75-30(16-47-19(2)56)76-28(17-54)29(18-55)79-44(72)34(50-22(5)59)39(66)26(10-14-53)77-42(70)32(46-6)35(62)24(61)8-12-51/h23-30,41-46,51-55,60-73H,7-18H2,1-6H3,(H,47,56)(H,48,57)(H,49,58)(H,50,59)/b35-32-,37-31-,38-33-,39-34-,40-36+. The lowest BCUT2D eigenvalue weighted by atomic mass is 10.1.